The molecule has 112 valence electrons. The number of benzene rings is 1. The topological polar surface area (TPSA) is 57.2 Å². The molecular weight excluding hydrogens is 264 g/mol. The lowest BCUT2D eigenvalue weighted by Crippen LogP contribution is -2.29. The number of methoxy groups -OCH3 is 1. The summed E-state index contributed by atoms with van der Waals surface area (Å²) in [6.45, 7) is 4.09. The molecule has 1 heterocycles. The highest BCUT2D eigenvalue weighted by molar-refractivity contribution is 5.34. The van der Waals surface area contributed by atoms with Crippen LogP contribution in [0.3, 0.4) is 0 Å². The zero-order valence-corrected chi connectivity index (χ0v) is 12.7. The Balaban J connectivity index is 2.38. The second kappa shape index (κ2) is 6.59. The van der Waals surface area contributed by atoms with Crippen LogP contribution in [0.2, 0.25) is 0 Å². The van der Waals surface area contributed by atoms with E-state index in [1.807, 2.05) is 43.5 Å². The molecule has 4 nitrogen and oxygen atoms in total. The minimum atomic E-state index is -0.431. The Morgan fingerprint density at radius 3 is 2.48 bits per heavy atom. The Labute approximate surface area is 125 Å². The number of aromatic nitrogens is 1. The number of rotatable bonds is 5. The van der Waals surface area contributed by atoms with Gasteiger partial charge < -0.3 is 15.0 Å². The summed E-state index contributed by atoms with van der Waals surface area (Å²) >= 11 is 0. The Morgan fingerprint density at radius 2 is 1.90 bits per heavy atom. The van der Waals surface area contributed by atoms with Crippen molar-refractivity contribution in [3.8, 4) is 5.75 Å². The lowest BCUT2D eigenvalue weighted by molar-refractivity contribution is 0.414. The zero-order chi connectivity index (χ0) is 15.4. The summed E-state index contributed by atoms with van der Waals surface area (Å²) in [6, 6.07) is 10.9. The van der Waals surface area contributed by atoms with Crippen molar-refractivity contribution in [3.63, 3.8) is 0 Å². The molecule has 2 atom stereocenters. The van der Waals surface area contributed by atoms with E-state index in [0.717, 1.165) is 17.7 Å². The Bertz CT molecular complexity index is 647. The van der Waals surface area contributed by atoms with Crippen LogP contribution in [0.4, 0.5) is 0 Å². The predicted octanol–water partition coefficient (Wildman–Crippen LogP) is 2.88. The van der Waals surface area contributed by atoms with Gasteiger partial charge in [-0.05, 0) is 37.1 Å². The predicted molar refractivity (Wildman–Crippen MR) is 84.7 cm³/mol. The van der Waals surface area contributed by atoms with Gasteiger partial charge in [0.25, 0.3) is 5.56 Å². The first-order valence-electron chi connectivity index (χ1n) is 7.19. The number of pyridine rings is 1. The van der Waals surface area contributed by atoms with Crippen LogP contribution in [0.1, 0.15) is 43.5 Å². The van der Waals surface area contributed by atoms with Crippen LogP contribution in [0.5, 0.6) is 5.75 Å². The minimum absolute atomic E-state index is 0.0184. The summed E-state index contributed by atoms with van der Waals surface area (Å²) in [4.78, 5) is 12.6. The molecule has 2 aromatic rings. The molecule has 4 heteroatoms. The molecule has 2 N–H and O–H groups in total. The lowest BCUT2D eigenvalue weighted by Gasteiger charge is -2.17. The normalized spacial score (nSPS) is 13.7. The van der Waals surface area contributed by atoms with Gasteiger partial charge >= 0.3 is 0 Å². The monoisotopic (exact) mass is 286 g/mol. The highest BCUT2D eigenvalue weighted by Crippen LogP contribution is 2.20. The maximum atomic E-state index is 12.6. The SMILES string of the molecule is CCC(C)n1cccc(C(N)c2ccc(OC)cc2)c1=O. The maximum Gasteiger partial charge on any atom is 0.255 e. The summed E-state index contributed by atoms with van der Waals surface area (Å²) in [5.41, 5.74) is 7.76. The van der Waals surface area contributed by atoms with Crippen LogP contribution < -0.4 is 16.0 Å². The zero-order valence-electron chi connectivity index (χ0n) is 12.7. The molecule has 2 unspecified atom stereocenters. The van der Waals surface area contributed by atoms with Crippen molar-refractivity contribution in [3.05, 3.63) is 64.1 Å². The van der Waals surface area contributed by atoms with Crippen molar-refractivity contribution >= 4 is 0 Å². The average molecular weight is 286 g/mol. The van der Waals surface area contributed by atoms with Crippen LogP contribution in [0.25, 0.3) is 0 Å². The van der Waals surface area contributed by atoms with Crippen LogP contribution in [-0.2, 0) is 0 Å². The van der Waals surface area contributed by atoms with Crippen LogP contribution in [0, 0.1) is 0 Å². The molecule has 0 fully saturated rings. The van der Waals surface area contributed by atoms with E-state index in [2.05, 4.69) is 6.92 Å². The van der Waals surface area contributed by atoms with Gasteiger partial charge in [0.05, 0.1) is 13.2 Å². The molecule has 0 saturated heterocycles. The molecular formula is C17H22N2O2. The Morgan fingerprint density at radius 1 is 1.24 bits per heavy atom. The fourth-order valence-corrected chi connectivity index (χ4v) is 2.30. The maximum absolute atomic E-state index is 12.6. The highest BCUT2D eigenvalue weighted by Gasteiger charge is 2.15. The molecule has 1 aromatic carbocycles. The smallest absolute Gasteiger partial charge is 0.255 e. The molecule has 0 aliphatic carbocycles. The highest BCUT2D eigenvalue weighted by atomic mass is 16.5. The standard InChI is InChI=1S/C17H22N2O2/c1-4-12(2)19-11-5-6-15(17(19)20)16(18)13-7-9-14(21-3)10-8-13/h5-12,16H,4,18H2,1-3H3. The molecule has 0 amide bonds. The molecule has 1 aromatic heterocycles. The molecule has 0 spiro atoms. The molecule has 0 saturated carbocycles. The van der Waals surface area contributed by atoms with Crippen molar-refractivity contribution in [1.82, 2.24) is 4.57 Å². The van der Waals surface area contributed by atoms with Crippen molar-refractivity contribution in [2.24, 2.45) is 5.73 Å². The van der Waals surface area contributed by atoms with Crippen LogP contribution in [-0.4, -0.2) is 11.7 Å². The molecule has 2 rings (SSSR count). The van der Waals surface area contributed by atoms with E-state index >= 15 is 0 Å². The number of nitrogens with zero attached hydrogens (tertiary/aromatic N) is 1. The summed E-state index contributed by atoms with van der Waals surface area (Å²) in [7, 11) is 1.62. The number of hydrogen-bond acceptors (Lipinski definition) is 3. The van der Waals surface area contributed by atoms with Crippen molar-refractivity contribution < 1.29 is 4.74 Å². The second-order valence-corrected chi connectivity index (χ2v) is 5.18. The largest absolute Gasteiger partial charge is 0.497 e. The fraction of sp³-hybridized carbons (Fsp3) is 0.353. The van der Waals surface area contributed by atoms with E-state index < -0.39 is 6.04 Å². The lowest BCUT2D eigenvalue weighted by atomic mass is 10.0. The van der Waals surface area contributed by atoms with Gasteiger partial charge in [0.15, 0.2) is 0 Å². The van der Waals surface area contributed by atoms with Gasteiger partial charge in [0, 0.05) is 17.8 Å². The minimum Gasteiger partial charge on any atom is -0.497 e. The van der Waals surface area contributed by atoms with Gasteiger partial charge in [0.1, 0.15) is 5.75 Å². The molecule has 21 heavy (non-hydrogen) atoms. The summed E-state index contributed by atoms with van der Waals surface area (Å²) in [6.07, 6.45) is 2.72. The van der Waals surface area contributed by atoms with E-state index in [1.54, 1.807) is 17.7 Å². The number of ether oxygens (including phenoxy) is 1. The van der Waals surface area contributed by atoms with Crippen LogP contribution in [0.15, 0.2) is 47.4 Å². The Hall–Kier alpha value is -2.07. The van der Waals surface area contributed by atoms with E-state index in [4.69, 9.17) is 10.5 Å². The van der Waals surface area contributed by atoms with Gasteiger partial charge in [-0.2, -0.15) is 0 Å². The molecule has 0 bridgehead atoms. The number of nitrogens with two attached hydrogens (primary N) is 1. The van der Waals surface area contributed by atoms with Gasteiger partial charge in [0.2, 0.25) is 0 Å². The van der Waals surface area contributed by atoms with Gasteiger partial charge in [-0.1, -0.05) is 25.1 Å². The first kappa shape index (κ1) is 15.3. The Kier molecular flexibility index (Phi) is 4.81. The summed E-state index contributed by atoms with van der Waals surface area (Å²) in [5.74, 6) is 0.774. The van der Waals surface area contributed by atoms with Gasteiger partial charge in [-0.25, -0.2) is 0 Å². The van der Waals surface area contributed by atoms with Gasteiger partial charge in [-0.15, -0.1) is 0 Å². The third kappa shape index (κ3) is 3.16. The van der Waals surface area contributed by atoms with E-state index in [9.17, 15) is 4.79 Å². The third-order valence-electron chi connectivity index (χ3n) is 3.88. The van der Waals surface area contributed by atoms with E-state index in [0.29, 0.717) is 5.56 Å². The fourth-order valence-electron chi connectivity index (χ4n) is 2.30. The first-order valence-corrected chi connectivity index (χ1v) is 7.19. The van der Waals surface area contributed by atoms with Gasteiger partial charge in [-0.3, -0.25) is 4.79 Å². The summed E-state index contributed by atoms with van der Waals surface area (Å²) < 4.78 is 6.89. The molecule has 0 aliphatic heterocycles. The third-order valence-corrected chi connectivity index (χ3v) is 3.88. The van der Waals surface area contributed by atoms with Crippen molar-refractivity contribution in [1.29, 1.82) is 0 Å². The average Bonchev–Trinajstić information content (AvgIpc) is 2.54. The van der Waals surface area contributed by atoms with Crippen molar-refractivity contribution in [2.45, 2.75) is 32.4 Å². The van der Waals surface area contributed by atoms with Crippen LogP contribution >= 0.6 is 0 Å². The molecule has 0 aliphatic rings. The summed E-state index contributed by atoms with van der Waals surface area (Å²) in [5, 5.41) is 0. The quantitative estimate of drug-likeness (QED) is 0.919. The van der Waals surface area contributed by atoms with E-state index in [-0.39, 0.29) is 11.6 Å². The first-order chi connectivity index (χ1) is 10.1. The second-order valence-electron chi connectivity index (χ2n) is 5.18. The number of hydrogen-bond donors (Lipinski definition) is 1. The van der Waals surface area contributed by atoms with Crippen molar-refractivity contribution in [2.75, 3.05) is 7.11 Å². The van der Waals surface area contributed by atoms with E-state index in [1.165, 1.54) is 0 Å². The molecule has 0 radical (unpaired) electrons.